The van der Waals surface area contributed by atoms with Gasteiger partial charge >= 0.3 is 5.97 Å². The Morgan fingerprint density at radius 3 is 3.00 bits per heavy atom. The van der Waals surface area contributed by atoms with Crippen molar-refractivity contribution in [2.45, 2.75) is 64.4 Å². The van der Waals surface area contributed by atoms with Crippen LogP contribution >= 0.6 is 0 Å². The number of esters is 1. The number of carbonyl (C=O) groups is 2. The highest BCUT2D eigenvalue weighted by Crippen LogP contribution is 2.21. The highest BCUT2D eigenvalue weighted by atomic mass is 16.5. The van der Waals surface area contributed by atoms with Gasteiger partial charge in [-0.2, -0.15) is 0 Å². The molecule has 0 radical (unpaired) electrons. The van der Waals surface area contributed by atoms with Crippen molar-refractivity contribution in [3.63, 3.8) is 0 Å². The zero-order valence-electron chi connectivity index (χ0n) is 13.8. The lowest BCUT2D eigenvalue weighted by molar-refractivity contribution is -0.154. The number of rotatable bonds is 3. The van der Waals surface area contributed by atoms with Gasteiger partial charge in [-0.1, -0.05) is 12.8 Å². The fraction of sp³-hybridized carbons (Fsp3) is 0.706. The van der Waals surface area contributed by atoms with Gasteiger partial charge in [0, 0.05) is 25.1 Å². The normalized spacial score (nSPS) is 22.2. The van der Waals surface area contributed by atoms with Crippen molar-refractivity contribution in [1.82, 2.24) is 14.9 Å². The Morgan fingerprint density at radius 1 is 1.30 bits per heavy atom. The van der Waals surface area contributed by atoms with Gasteiger partial charge in [-0.05, 0) is 32.6 Å². The van der Waals surface area contributed by atoms with Crippen LogP contribution in [0.3, 0.4) is 0 Å². The lowest BCUT2D eigenvalue weighted by atomic mass is 9.98. The van der Waals surface area contributed by atoms with Crippen LogP contribution in [0.25, 0.3) is 0 Å². The average Bonchev–Trinajstić information content (AvgIpc) is 2.86. The molecule has 1 fully saturated rings. The summed E-state index contributed by atoms with van der Waals surface area (Å²) in [5.41, 5.74) is 2.17. The molecule has 6 nitrogen and oxygen atoms in total. The third kappa shape index (κ3) is 4.12. The topological polar surface area (TPSA) is 75.3 Å². The Kier molecular flexibility index (Phi) is 4.98. The van der Waals surface area contributed by atoms with Crippen molar-refractivity contribution in [2.75, 3.05) is 13.1 Å². The SMILES string of the molecule is Cc1nc2c([nH]1)C[C@@H](OC(=O)CN1CCCCCCC1=O)CC2. The van der Waals surface area contributed by atoms with Crippen LogP contribution in [0.4, 0.5) is 0 Å². The summed E-state index contributed by atoms with van der Waals surface area (Å²) in [5.74, 6) is 0.702. The molecule has 2 heterocycles. The first-order valence-electron chi connectivity index (χ1n) is 8.63. The van der Waals surface area contributed by atoms with Gasteiger partial charge in [0.1, 0.15) is 18.5 Å². The maximum atomic E-state index is 12.2. The Bertz CT molecular complexity index is 582. The Balaban J connectivity index is 1.52. The Hall–Kier alpha value is -1.85. The lowest BCUT2D eigenvalue weighted by Gasteiger charge is -2.26. The fourth-order valence-electron chi connectivity index (χ4n) is 3.45. The zero-order valence-corrected chi connectivity index (χ0v) is 13.8. The molecule has 1 atom stereocenters. The number of nitrogens with zero attached hydrogens (tertiary/aromatic N) is 2. The number of aryl methyl sites for hydroxylation is 2. The summed E-state index contributed by atoms with van der Waals surface area (Å²) >= 11 is 0. The molecule has 3 rings (SSSR count). The van der Waals surface area contributed by atoms with Crippen LogP contribution in [0.2, 0.25) is 0 Å². The van der Waals surface area contributed by atoms with E-state index in [0.29, 0.717) is 19.4 Å². The van der Waals surface area contributed by atoms with E-state index < -0.39 is 0 Å². The van der Waals surface area contributed by atoms with E-state index in [9.17, 15) is 9.59 Å². The number of imidazole rings is 1. The van der Waals surface area contributed by atoms with Gasteiger partial charge in [0.2, 0.25) is 5.91 Å². The largest absolute Gasteiger partial charge is 0.461 e. The highest BCUT2D eigenvalue weighted by Gasteiger charge is 2.26. The lowest BCUT2D eigenvalue weighted by Crippen LogP contribution is -2.39. The molecule has 0 bridgehead atoms. The summed E-state index contributed by atoms with van der Waals surface area (Å²) in [5, 5.41) is 0. The van der Waals surface area contributed by atoms with E-state index in [1.54, 1.807) is 4.90 Å². The van der Waals surface area contributed by atoms with Crippen LogP contribution < -0.4 is 0 Å². The van der Waals surface area contributed by atoms with Gasteiger partial charge < -0.3 is 14.6 Å². The van der Waals surface area contributed by atoms with Crippen molar-refractivity contribution in [3.8, 4) is 0 Å². The molecule has 126 valence electrons. The number of fused-ring (bicyclic) bond motifs is 1. The van der Waals surface area contributed by atoms with Gasteiger partial charge in [0.15, 0.2) is 0 Å². The van der Waals surface area contributed by atoms with Crippen LogP contribution in [0, 0.1) is 6.92 Å². The van der Waals surface area contributed by atoms with E-state index in [1.165, 1.54) is 0 Å². The maximum Gasteiger partial charge on any atom is 0.325 e. The van der Waals surface area contributed by atoms with Gasteiger partial charge in [-0.15, -0.1) is 0 Å². The molecule has 2 aliphatic rings. The number of aromatic nitrogens is 2. The van der Waals surface area contributed by atoms with Crippen molar-refractivity contribution in [2.24, 2.45) is 0 Å². The number of likely N-dealkylation sites (tertiary alicyclic amines) is 1. The van der Waals surface area contributed by atoms with Crippen molar-refractivity contribution in [1.29, 1.82) is 0 Å². The smallest absolute Gasteiger partial charge is 0.325 e. The zero-order chi connectivity index (χ0) is 16.2. The van der Waals surface area contributed by atoms with E-state index in [0.717, 1.165) is 55.7 Å². The summed E-state index contributed by atoms with van der Waals surface area (Å²) in [6, 6.07) is 0. The molecule has 1 N–H and O–H groups in total. The Labute approximate surface area is 136 Å². The summed E-state index contributed by atoms with van der Waals surface area (Å²) in [6.45, 7) is 2.69. The molecular formula is C17H25N3O3. The number of hydrogen-bond acceptors (Lipinski definition) is 4. The second-order valence-corrected chi connectivity index (χ2v) is 6.58. The molecule has 1 aromatic heterocycles. The predicted molar refractivity (Wildman–Crippen MR) is 84.9 cm³/mol. The van der Waals surface area contributed by atoms with Crippen LogP contribution in [0.1, 0.15) is 55.7 Å². The number of amides is 1. The first-order chi connectivity index (χ1) is 11.1. The number of ether oxygens (including phenoxy) is 1. The number of carbonyl (C=O) groups excluding carboxylic acids is 2. The number of hydrogen-bond donors (Lipinski definition) is 1. The van der Waals surface area contributed by atoms with Gasteiger partial charge in [0.25, 0.3) is 0 Å². The third-order valence-electron chi connectivity index (χ3n) is 4.66. The molecule has 6 heteroatoms. The molecule has 0 saturated carbocycles. The number of H-pyrrole nitrogens is 1. The molecule has 1 aromatic rings. The standard InChI is InChI=1S/C17H25N3O3/c1-12-18-14-8-7-13(10-15(14)19-12)23-17(22)11-20-9-5-3-2-4-6-16(20)21/h13H,2-11H2,1H3,(H,18,19)/t13-/m0/s1. The third-order valence-corrected chi connectivity index (χ3v) is 4.66. The summed E-state index contributed by atoms with van der Waals surface area (Å²) < 4.78 is 5.60. The second kappa shape index (κ2) is 7.15. The highest BCUT2D eigenvalue weighted by molar-refractivity contribution is 5.82. The summed E-state index contributed by atoms with van der Waals surface area (Å²) in [4.78, 5) is 33.6. The van der Waals surface area contributed by atoms with Crippen LogP contribution in [0.15, 0.2) is 0 Å². The predicted octanol–water partition coefficient (Wildman–Crippen LogP) is 1.91. The molecule has 0 spiro atoms. The maximum absolute atomic E-state index is 12.2. The van der Waals surface area contributed by atoms with E-state index in [-0.39, 0.29) is 24.5 Å². The number of aromatic amines is 1. The van der Waals surface area contributed by atoms with Gasteiger partial charge in [0.05, 0.1) is 5.69 Å². The summed E-state index contributed by atoms with van der Waals surface area (Å²) in [7, 11) is 0. The van der Waals surface area contributed by atoms with Crippen molar-refractivity contribution >= 4 is 11.9 Å². The molecular weight excluding hydrogens is 294 g/mol. The molecule has 0 unspecified atom stereocenters. The first kappa shape index (κ1) is 16.0. The van der Waals surface area contributed by atoms with E-state index in [2.05, 4.69) is 9.97 Å². The first-order valence-corrected chi connectivity index (χ1v) is 8.63. The molecule has 0 aromatic carbocycles. The molecule has 1 saturated heterocycles. The average molecular weight is 319 g/mol. The fourth-order valence-corrected chi connectivity index (χ4v) is 3.45. The van der Waals surface area contributed by atoms with E-state index in [4.69, 9.17) is 4.74 Å². The van der Waals surface area contributed by atoms with E-state index in [1.807, 2.05) is 6.92 Å². The van der Waals surface area contributed by atoms with Crippen LogP contribution in [-0.2, 0) is 27.2 Å². The van der Waals surface area contributed by atoms with Gasteiger partial charge in [-0.3, -0.25) is 9.59 Å². The van der Waals surface area contributed by atoms with Crippen molar-refractivity contribution in [3.05, 3.63) is 17.2 Å². The summed E-state index contributed by atoms with van der Waals surface area (Å²) in [6.07, 6.45) is 6.90. The molecule has 23 heavy (non-hydrogen) atoms. The molecule has 1 amide bonds. The monoisotopic (exact) mass is 319 g/mol. The van der Waals surface area contributed by atoms with Crippen molar-refractivity contribution < 1.29 is 14.3 Å². The minimum absolute atomic E-state index is 0.0803. The quantitative estimate of drug-likeness (QED) is 0.864. The number of nitrogens with one attached hydrogen (secondary N) is 1. The molecule has 1 aliphatic carbocycles. The minimum Gasteiger partial charge on any atom is -0.461 e. The molecule has 1 aliphatic heterocycles. The Morgan fingerprint density at radius 2 is 2.13 bits per heavy atom. The van der Waals surface area contributed by atoms with Crippen LogP contribution in [0.5, 0.6) is 0 Å². The van der Waals surface area contributed by atoms with Gasteiger partial charge in [-0.25, -0.2) is 4.98 Å². The van der Waals surface area contributed by atoms with Crippen LogP contribution in [-0.4, -0.2) is 45.9 Å². The minimum atomic E-state index is -0.288. The van der Waals surface area contributed by atoms with E-state index >= 15 is 0 Å². The second-order valence-electron chi connectivity index (χ2n) is 6.58.